The van der Waals surface area contributed by atoms with Crippen LogP contribution in [0, 0.1) is 0 Å². The SMILES string of the molecule is O=C(CCC(=O)c1ccc(Cl)cc1)Nc1ccccc1C(=O)O. The number of para-hydroxylation sites is 1. The maximum atomic E-state index is 12.0. The van der Waals surface area contributed by atoms with Crippen LogP contribution in [0.3, 0.4) is 0 Å². The molecular weight excluding hydrogens is 318 g/mol. The summed E-state index contributed by atoms with van der Waals surface area (Å²) in [5.41, 5.74) is 0.696. The Morgan fingerprint density at radius 1 is 0.957 bits per heavy atom. The average molecular weight is 332 g/mol. The summed E-state index contributed by atoms with van der Waals surface area (Å²) in [5.74, 6) is -1.72. The lowest BCUT2D eigenvalue weighted by atomic mass is 10.1. The van der Waals surface area contributed by atoms with Crippen LogP contribution in [-0.2, 0) is 4.79 Å². The number of hydrogen-bond acceptors (Lipinski definition) is 3. The Labute approximate surface area is 137 Å². The van der Waals surface area contributed by atoms with Crippen molar-refractivity contribution >= 4 is 34.9 Å². The third-order valence-electron chi connectivity index (χ3n) is 3.18. The minimum atomic E-state index is -1.13. The molecule has 1 amide bonds. The number of carboxylic acid groups (broad SMARTS) is 1. The summed E-state index contributed by atoms with van der Waals surface area (Å²) in [4.78, 5) is 34.9. The molecule has 0 aliphatic rings. The molecule has 0 fully saturated rings. The highest BCUT2D eigenvalue weighted by atomic mass is 35.5. The largest absolute Gasteiger partial charge is 0.478 e. The minimum absolute atomic E-state index is 0.00452. The number of carboxylic acids is 1. The molecule has 118 valence electrons. The Morgan fingerprint density at radius 3 is 2.26 bits per heavy atom. The summed E-state index contributed by atoms with van der Waals surface area (Å²) in [6.45, 7) is 0. The zero-order valence-corrected chi connectivity index (χ0v) is 12.8. The van der Waals surface area contributed by atoms with Gasteiger partial charge in [-0.05, 0) is 36.4 Å². The number of nitrogens with one attached hydrogen (secondary N) is 1. The summed E-state index contributed by atoms with van der Waals surface area (Å²) in [7, 11) is 0. The van der Waals surface area contributed by atoms with Gasteiger partial charge in [0.1, 0.15) is 0 Å². The fourth-order valence-electron chi connectivity index (χ4n) is 2.00. The summed E-state index contributed by atoms with van der Waals surface area (Å²) >= 11 is 5.75. The Kier molecular flexibility index (Phi) is 5.49. The van der Waals surface area contributed by atoms with Crippen LogP contribution in [-0.4, -0.2) is 22.8 Å². The third kappa shape index (κ3) is 4.66. The molecule has 0 spiro atoms. The van der Waals surface area contributed by atoms with Crippen LogP contribution in [0.15, 0.2) is 48.5 Å². The minimum Gasteiger partial charge on any atom is -0.478 e. The van der Waals surface area contributed by atoms with Crippen LogP contribution in [0.5, 0.6) is 0 Å². The first-order valence-electron chi connectivity index (χ1n) is 6.88. The van der Waals surface area contributed by atoms with Crippen molar-refractivity contribution in [3.63, 3.8) is 0 Å². The van der Waals surface area contributed by atoms with Gasteiger partial charge in [-0.2, -0.15) is 0 Å². The molecule has 0 aliphatic heterocycles. The van der Waals surface area contributed by atoms with Gasteiger partial charge in [0.15, 0.2) is 5.78 Å². The van der Waals surface area contributed by atoms with Crippen molar-refractivity contribution in [2.45, 2.75) is 12.8 Å². The van der Waals surface area contributed by atoms with Gasteiger partial charge >= 0.3 is 5.97 Å². The number of carbonyl (C=O) groups is 3. The monoisotopic (exact) mass is 331 g/mol. The van der Waals surface area contributed by atoms with Gasteiger partial charge < -0.3 is 10.4 Å². The molecule has 0 saturated heterocycles. The van der Waals surface area contributed by atoms with E-state index in [1.54, 1.807) is 36.4 Å². The standard InChI is InChI=1S/C17H14ClNO4/c18-12-7-5-11(6-8-12)15(20)9-10-16(21)19-14-4-2-1-3-13(14)17(22)23/h1-8H,9-10H2,(H,19,21)(H,22,23). The molecule has 2 rings (SSSR count). The number of Topliss-reactive ketones (excluding diaryl/α,β-unsaturated/α-hetero) is 1. The molecule has 23 heavy (non-hydrogen) atoms. The van der Waals surface area contributed by atoms with E-state index in [4.69, 9.17) is 16.7 Å². The number of carbonyl (C=O) groups excluding carboxylic acids is 2. The van der Waals surface area contributed by atoms with E-state index < -0.39 is 11.9 Å². The molecule has 5 nitrogen and oxygen atoms in total. The van der Waals surface area contributed by atoms with E-state index in [0.29, 0.717) is 10.6 Å². The van der Waals surface area contributed by atoms with E-state index >= 15 is 0 Å². The van der Waals surface area contributed by atoms with Crippen LogP contribution in [0.2, 0.25) is 5.02 Å². The smallest absolute Gasteiger partial charge is 0.337 e. The first-order valence-corrected chi connectivity index (χ1v) is 7.26. The quantitative estimate of drug-likeness (QED) is 0.791. The number of halogens is 1. The van der Waals surface area contributed by atoms with E-state index in [1.165, 1.54) is 12.1 Å². The van der Waals surface area contributed by atoms with Crippen molar-refractivity contribution in [1.82, 2.24) is 0 Å². The van der Waals surface area contributed by atoms with Crippen LogP contribution in [0.1, 0.15) is 33.6 Å². The topological polar surface area (TPSA) is 83.5 Å². The first kappa shape index (κ1) is 16.7. The second kappa shape index (κ2) is 7.56. The van der Waals surface area contributed by atoms with Crippen molar-refractivity contribution in [3.8, 4) is 0 Å². The van der Waals surface area contributed by atoms with Gasteiger partial charge in [-0.25, -0.2) is 4.79 Å². The fraction of sp³-hybridized carbons (Fsp3) is 0.118. The molecule has 0 aromatic heterocycles. The van der Waals surface area contributed by atoms with E-state index in [-0.39, 0.29) is 29.9 Å². The molecule has 2 N–H and O–H groups in total. The predicted molar refractivity (Wildman–Crippen MR) is 87.0 cm³/mol. The molecule has 0 heterocycles. The predicted octanol–water partition coefficient (Wildman–Crippen LogP) is 3.64. The number of ketones is 1. The molecule has 2 aromatic rings. The fourth-order valence-corrected chi connectivity index (χ4v) is 2.12. The number of benzene rings is 2. The number of amides is 1. The zero-order valence-electron chi connectivity index (χ0n) is 12.1. The van der Waals surface area contributed by atoms with Crippen molar-refractivity contribution < 1.29 is 19.5 Å². The van der Waals surface area contributed by atoms with Crippen molar-refractivity contribution in [1.29, 1.82) is 0 Å². The number of hydrogen-bond donors (Lipinski definition) is 2. The lowest BCUT2D eigenvalue weighted by molar-refractivity contribution is -0.116. The highest BCUT2D eigenvalue weighted by molar-refractivity contribution is 6.30. The van der Waals surface area contributed by atoms with Gasteiger partial charge in [0.25, 0.3) is 0 Å². The van der Waals surface area contributed by atoms with Gasteiger partial charge in [0, 0.05) is 23.4 Å². The highest BCUT2D eigenvalue weighted by Gasteiger charge is 2.13. The maximum absolute atomic E-state index is 12.0. The molecule has 0 aliphatic carbocycles. The average Bonchev–Trinajstić information content (AvgIpc) is 2.53. The van der Waals surface area contributed by atoms with E-state index in [9.17, 15) is 14.4 Å². The maximum Gasteiger partial charge on any atom is 0.337 e. The molecule has 0 radical (unpaired) electrons. The molecule has 0 bridgehead atoms. The van der Waals surface area contributed by atoms with Gasteiger partial charge in [0.2, 0.25) is 5.91 Å². The van der Waals surface area contributed by atoms with Gasteiger partial charge in [-0.15, -0.1) is 0 Å². The zero-order chi connectivity index (χ0) is 16.8. The number of anilines is 1. The lowest BCUT2D eigenvalue weighted by Crippen LogP contribution is -2.15. The summed E-state index contributed by atoms with van der Waals surface area (Å²) < 4.78 is 0. The lowest BCUT2D eigenvalue weighted by Gasteiger charge is -2.08. The highest BCUT2D eigenvalue weighted by Crippen LogP contribution is 2.16. The van der Waals surface area contributed by atoms with E-state index in [2.05, 4.69) is 5.32 Å². The second-order valence-corrected chi connectivity index (χ2v) is 5.27. The Balaban J connectivity index is 1.94. The van der Waals surface area contributed by atoms with E-state index in [1.807, 2.05) is 0 Å². The number of rotatable bonds is 6. The van der Waals surface area contributed by atoms with Gasteiger partial charge in [-0.1, -0.05) is 23.7 Å². The van der Waals surface area contributed by atoms with Crippen LogP contribution in [0.25, 0.3) is 0 Å². The summed E-state index contributed by atoms with van der Waals surface area (Å²) in [6.07, 6.45) is -0.00187. The van der Waals surface area contributed by atoms with E-state index in [0.717, 1.165) is 0 Å². The van der Waals surface area contributed by atoms with Crippen LogP contribution < -0.4 is 5.32 Å². The first-order chi connectivity index (χ1) is 11.0. The van der Waals surface area contributed by atoms with Gasteiger partial charge in [-0.3, -0.25) is 9.59 Å². The summed E-state index contributed by atoms with van der Waals surface area (Å²) in [6, 6.07) is 12.5. The van der Waals surface area contributed by atoms with Crippen LogP contribution >= 0.6 is 11.6 Å². The van der Waals surface area contributed by atoms with Gasteiger partial charge in [0.05, 0.1) is 11.3 Å². The van der Waals surface area contributed by atoms with Crippen LogP contribution in [0.4, 0.5) is 5.69 Å². The molecule has 0 unspecified atom stereocenters. The second-order valence-electron chi connectivity index (χ2n) is 4.83. The van der Waals surface area contributed by atoms with Crippen molar-refractivity contribution in [3.05, 3.63) is 64.7 Å². The molecule has 0 atom stereocenters. The Morgan fingerprint density at radius 2 is 1.61 bits per heavy atom. The third-order valence-corrected chi connectivity index (χ3v) is 3.43. The molecule has 2 aromatic carbocycles. The van der Waals surface area contributed by atoms with Crippen molar-refractivity contribution in [2.75, 3.05) is 5.32 Å². The Hall–Kier alpha value is -2.66. The molecule has 6 heteroatoms. The molecule has 0 saturated carbocycles. The number of aromatic carboxylic acids is 1. The van der Waals surface area contributed by atoms with Crippen molar-refractivity contribution in [2.24, 2.45) is 0 Å². The molecular formula is C17H14ClNO4. The summed E-state index contributed by atoms with van der Waals surface area (Å²) in [5, 5.41) is 12.1. The Bertz CT molecular complexity index is 741. The normalized spacial score (nSPS) is 10.1.